The molecule has 0 radical (unpaired) electrons. The van der Waals surface area contributed by atoms with E-state index in [9.17, 15) is 14.7 Å². The van der Waals surface area contributed by atoms with E-state index >= 15 is 0 Å². The Balaban J connectivity index is 1.62. The second kappa shape index (κ2) is 7.84. The van der Waals surface area contributed by atoms with E-state index in [1.54, 1.807) is 18.5 Å². The SMILES string of the molecule is C[C@@H](O)Cn1c(N2CCN(Cc3ccccc3)CC2)nc2c1c(=O)[nH]c(=O)n2C. The Labute approximate surface area is 167 Å². The number of aliphatic hydroxyl groups is 1. The van der Waals surface area contributed by atoms with Gasteiger partial charge in [-0.05, 0) is 12.5 Å². The maximum Gasteiger partial charge on any atom is 0.329 e. The monoisotopic (exact) mass is 398 g/mol. The number of aromatic amines is 1. The number of hydrogen-bond donors (Lipinski definition) is 2. The lowest BCUT2D eigenvalue weighted by atomic mass is 10.2. The number of piperazine rings is 1. The largest absolute Gasteiger partial charge is 0.392 e. The lowest BCUT2D eigenvalue weighted by Crippen LogP contribution is -2.47. The van der Waals surface area contributed by atoms with E-state index in [0.29, 0.717) is 17.1 Å². The normalized spacial score (nSPS) is 16.4. The Hall–Kier alpha value is -2.91. The molecule has 0 amide bonds. The molecule has 1 aliphatic rings. The van der Waals surface area contributed by atoms with Crippen molar-refractivity contribution in [1.82, 2.24) is 24.0 Å². The summed E-state index contributed by atoms with van der Waals surface area (Å²) in [5, 5.41) is 9.97. The maximum absolute atomic E-state index is 12.5. The van der Waals surface area contributed by atoms with Crippen LogP contribution in [0.5, 0.6) is 0 Å². The number of aryl methyl sites for hydroxylation is 1. The number of benzene rings is 1. The first-order chi connectivity index (χ1) is 13.9. The predicted molar refractivity (Wildman–Crippen MR) is 111 cm³/mol. The smallest absolute Gasteiger partial charge is 0.329 e. The van der Waals surface area contributed by atoms with Gasteiger partial charge in [-0.1, -0.05) is 30.3 Å². The predicted octanol–water partition coefficient (Wildman–Crippen LogP) is 0.126. The van der Waals surface area contributed by atoms with Crippen molar-refractivity contribution in [2.45, 2.75) is 26.1 Å². The second-order valence-electron chi connectivity index (χ2n) is 7.61. The first-order valence-corrected chi connectivity index (χ1v) is 9.83. The molecule has 9 heteroatoms. The zero-order valence-electron chi connectivity index (χ0n) is 16.7. The fourth-order valence-electron chi connectivity index (χ4n) is 3.85. The summed E-state index contributed by atoms with van der Waals surface area (Å²) in [5.41, 5.74) is 0.952. The number of H-pyrrole nitrogens is 1. The third-order valence-electron chi connectivity index (χ3n) is 5.34. The van der Waals surface area contributed by atoms with Crippen LogP contribution < -0.4 is 16.1 Å². The number of hydrogen-bond acceptors (Lipinski definition) is 6. The van der Waals surface area contributed by atoms with Gasteiger partial charge in [0.2, 0.25) is 5.95 Å². The third kappa shape index (κ3) is 3.83. The van der Waals surface area contributed by atoms with Crippen molar-refractivity contribution >= 4 is 17.1 Å². The Bertz CT molecular complexity index is 1110. The minimum Gasteiger partial charge on any atom is -0.392 e. The summed E-state index contributed by atoms with van der Waals surface area (Å²) in [5.74, 6) is 0.618. The number of aliphatic hydroxyl groups excluding tert-OH is 1. The number of aromatic nitrogens is 4. The molecule has 1 aromatic carbocycles. The highest BCUT2D eigenvalue weighted by Gasteiger charge is 2.25. The van der Waals surface area contributed by atoms with Gasteiger partial charge in [0, 0.05) is 39.8 Å². The summed E-state index contributed by atoms with van der Waals surface area (Å²) in [6, 6.07) is 10.4. The van der Waals surface area contributed by atoms with Crippen LogP contribution >= 0.6 is 0 Å². The van der Waals surface area contributed by atoms with Crippen LogP contribution in [0.25, 0.3) is 11.2 Å². The van der Waals surface area contributed by atoms with Crippen molar-refractivity contribution in [2.75, 3.05) is 31.1 Å². The van der Waals surface area contributed by atoms with Crippen molar-refractivity contribution in [3.63, 3.8) is 0 Å². The molecule has 9 nitrogen and oxygen atoms in total. The van der Waals surface area contributed by atoms with Crippen LogP contribution in [0.3, 0.4) is 0 Å². The number of nitrogens with one attached hydrogen (secondary N) is 1. The highest BCUT2D eigenvalue weighted by Crippen LogP contribution is 2.22. The topological polar surface area (TPSA) is 99.4 Å². The highest BCUT2D eigenvalue weighted by atomic mass is 16.3. The third-order valence-corrected chi connectivity index (χ3v) is 5.34. The average Bonchev–Trinajstić information content (AvgIpc) is 3.07. The molecular formula is C20H26N6O3. The van der Waals surface area contributed by atoms with Gasteiger partial charge >= 0.3 is 5.69 Å². The number of nitrogens with zero attached hydrogens (tertiary/aromatic N) is 5. The van der Waals surface area contributed by atoms with E-state index in [0.717, 1.165) is 32.7 Å². The molecule has 29 heavy (non-hydrogen) atoms. The molecule has 3 heterocycles. The Kier molecular flexibility index (Phi) is 5.25. The molecule has 0 saturated carbocycles. The quantitative estimate of drug-likeness (QED) is 0.634. The van der Waals surface area contributed by atoms with Gasteiger partial charge in [-0.25, -0.2) is 4.79 Å². The lowest BCUT2D eigenvalue weighted by molar-refractivity contribution is 0.174. The summed E-state index contributed by atoms with van der Waals surface area (Å²) < 4.78 is 3.07. The molecule has 3 aromatic rings. The molecule has 2 N–H and O–H groups in total. The molecule has 2 aromatic heterocycles. The fourth-order valence-corrected chi connectivity index (χ4v) is 3.85. The molecule has 154 valence electrons. The van der Waals surface area contributed by atoms with E-state index in [-0.39, 0.29) is 6.54 Å². The summed E-state index contributed by atoms with van der Waals surface area (Å²) in [4.78, 5) is 35.9. The molecule has 4 rings (SSSR count). The van der Waals surface area contributed by atoms with E-state index in [2.05, 4.69) is 31.9 Å². The van der Waals surface area contributed by atoms with Gasteiger partial charge in [-0.2, -0.15) is 4.98 Å². The lowest BCUT2D eigenvalue weighted by Gasteiger charge is -2.35. The van der Waals surface area contributed by atoms with E-state index in [4.69, 9.17) is 0 Å². The standard InChI is InChI=1S/C20H26N6O3/c1-14(27)12-26-16-17(23(2)20(29)22-18(16)28)21-19(26)25-10-8-24(9-11-25)13-15-6-4-3-5-7-15/h3-7,14,27H,8-13H2,1-2H3,(H,22,28,29)/t14-/m1/s1. The van der Waals surface area contributed by atoms with E-state index in [1.165, 1.54) is 10.1 Å². The summed E-state index contributed by atoms with van der Waals surface area (Å²) in [7, 11) is 1.59. The van der Waals surface area contributed by atoms with Gasteiger partial charge in [0.05, 0.1) is 12.6 Å². The van der Waals surface area contributed by atoms with Crippen molar-refractivity contribution < 1.29 is 5.11 Å². The molecular weight excluding hydrogens is 372 g/mol. The first kappa shape index (κ1) is 19.4. The maximum atomic E-state index is 12.5. The van der Waals surface area contributed by atoms with Gasteiger partial charge in [0.1, 0.15) is 0 Å². The zero-order chi connectivity index (χ0) is 20.5. The minimum atomic E-state index is -0.651. The highest BCUT2D eigenvalue weighted by molar-refractivity contribution is 5.74. The number of imidazole rings is 1. The van der Waals surface area contributed by atoms with Crippen LogP contribution in [-0.2, 0) is 20.1 Å². The molecule has 0 bridgehead atoms. The minimum absolute atomic E-state index is 0.233. The Morgan fingerprint density at radius 2 is 1.83 bits per heavy atom. The summed E-state index contributed by atoms with van der Waals surface area (Å²) >= 11 is 0. The van der Waals surface area contributed by atoms with Gasteiger partial charge in [-0.3, -0.25) is 19.2 Å². The average molecular weight is 398 g/mol. The molecule has 1 atom stereocenters. The number of fused-ring (bicyclic) bond motifs is 1. The Morgan fingerprint density at radius 3 is 2.48 bits per heavy atom. The van der Waals surface area contributed by atoms with Gasteiger partial charge in [0.15, 0.2) is 11.2 Å². The molecule has 0 spiro atoms. The fraction of sp³-hybridized carbons (Fsp3) is 0.450. The first-order valence-electron chi connectivity index (χ1n) is 9.83. The Morgan fingerprint density at radius 1 is 1.14 bits per heavy atom. The van der Waals surface area contributed by atoms with Crippen LogP contribution in [-0.4, -0.2) is 61.4 Å². The van der Waals surface area contributed by atoms with Crippen LogP contribution in [0.1, 0.15) is 12.5 Å². The number of rotatable bonds is 5. The van der Waals surface area contributed by atoms with Crippen molar-refractivity contribution in [3.05, 3.63) is 56.7 Å². The van der Waals surface area contributed by atoms with Crippen LogP contribution in [0, 0.1) is 0 Å². The van der Waals surface area contributed by atoms with Gasteiger partial charge in [0.25, 0.3) is 5.56 Å². The molecule has 1 aliphatic heterocycles. The van der Waals surface area contributed by atoms with Crippen LogP contribution in [0.4, 0.5) is 5.95 Å². The number of anilines is 1. The summed E-state index contributed by atoms with van der Waals surface area (Å²) in [6.07, 6.45) is -0.651. The molecule has 0 aliphatic carbocycles. The van der Waals surface area contributed by atoms with Gasteiger partial charge in [-0.15, -0.1) is 0 Å². The van der Waals surface area contributed by atoms with Crippen LogP contribution in [0.15, 0.2) is 39.9 Å². The van der Waals surface area contributed by atoms with Crippen molar-refractivity contribution in [1.29, 1.82) is 0 Å². The molecule has 0 unspecified atom stereocenters. The van der Waals surface area contributed by atoms with Gasteiger partial charge < -0.3 is 14.6 Å². The van der Waals surface area contributed by atoms with Crippen molar-refractivity contribution in [2.24, 2.45) is 7.05 Å². The van der Waals surface area contributed by atoms with E-state index in [1.807, 2.05) is 18.2 Å². The zero-order valence-corrected chi connectivity index (χ0v) is 16.7. The second-order valence-corrected chi connectivity index (χ2v) is 7.61. The summed E-state index contributed by atoms with van der Waals surface area (Å²) in [6.45, 7) is 6.03. The van der Waals surface area contributed by atoms with E-state index < -0.39 is 17.4 Å². The van der Waals surface area contributed by atoms with Crippen molar-refractivity contribution in [3.8, 4) is 0 Å². The molecule has 1 fully saturated rings. The molecule has 1 saturated heterocycles. The van der Waals surface area contributed by atoms with Crippen LogP contribution in [0.2, 0.25) is 0 Å².